The van der Waals surface area contributed by atoms with E-state index < -0.39 is 11.7 Å². The maximum absolute atomic E-state index is 13.6. The summed E-state index contributed by atoms with van der Waals surface area (Å²) in [6, 6.07) is 15.1. The van der Waals surface area contributed by atoms with Gasteiger partial charge in [0.25, 0.3) is 0 Å². The molecule has 2 fully saturated rings. The summed E-state index contributed by atoms with van der Waals surface area (Å²) in [5.41, 5.74) is 1.17. The Labute approximate surface area is 230 Å². The first-order valence-corrected chi connectivity index (χ1v) is 14.0. The first-order valence-electron chi connectivity index (χ1n) is 14.0. The third-order valence-electron chi connectivity index (χ3n) is 8.50. The van der Waals surface area contributed by atoms with Crippen molar-refractivity contribution in [2.75, 3.05) is 26.2 Å². The van der Waals surface area contributed by atoms with E-state index in [2.05, 4.69) is 25.7 Å². The van der Waals surface area contributed by atoms with Gasteiger partial charge < -0.3 is 9.80 Å². The van der Waals surface area contributed by atoms with Crippen molar-refractivity contribution in [3.63, 3.8) is 0 Å². The highest BCUT2D eigenvalue weighted by atomic mass is 19.4. The van der Waals surface area contributed by atoms with Gasteiger partial charge in [-0.1, -0.05) is 56.3 Å². The zero-order chi connectivity index (χ0) is 28.3. The molecule has 5 nitrogen and oxygen atoms in total. The number of likely N-dealkylation sites (tertiary alicyclic amines) is 1. The maximum Gasteiger partial charge on any atom is 0.416 e. The molecule has 39 heavy (non-hydrogen) atoms. The Bertz CT molecular complexity index is 1110. The third-order valence-corrected chi connectivity index (χ3v) is 8.50. The van der Waals surface area contributed by atoms with Crippen LogP contribution in [0.25, 0.3) is 0 Å². The van der Waals surface area contributed by atoms with E-state index in [4.69, 9.17) is 0 Å². The van der Waals surface area contributed by atoms with Crippen LogP contribution in [-0.4, -0.2) is 64.8 Å². The average molecular weight is 544 g/mol. The van der Waals surface area contributed by atoms with Crippen LogP contribution in [0.2, 0.25) is 0 Å². The van der Waals surface area contributed by atoms with Crippen molar-refractivity contribution in [2.24, 2.45) is 11.8 Å². The summed E-state index contributed by atoms with van der Waals surface area (Å²) in [6.45, 7) is 10.6. The minimum absolute atomic E-state index is 0.00485. The average Bonchev–Trinajstić information content (AvgIpc) is 2.90. The number of alkyl halides is 3. The number of benzene rings is 2. The van der Waals surface area contributed by atoms with E-state index in [0.29, 0.717) is 32.6 Å². The lowest BCUT2D eigenvalue weighted by molar-refractivity contribution is -0.142. The number of carbonyl (C=O) groups excluding carboxylic acids is 2. The number of piperazine rings is 1. The molecule has 2 heterocycles. The predicted octanol–water partition coefficient (Wildman–Crippen LogP) is 6.00. The highest BCUT2D eigenvalue weighted by molar-refractivity contribution is 5.77. The second-order valence-electron chi connectivity index (χ2n) is 11.4. The highest BCUT2D eigenvalue weighted by Crippen LogP contribution is 2.37. The molecule has 0 radical (unpaired) electrons. The minimum Gasteiger partial charge on any atom is -0.343 e. The van der Waals surface area contributed by atoms with Gasteiger partial charge in [0, 0.05) is 51.6 Å². The largest absolute Gasteiger partial charge is 0.416 e. The molecule has 3 atom stereocenters. The molecule has 2 aliphatic heterocycles. The smallest absolute Gasteiger partial charge is 0.343 e. The van der Waals surface area contributed by atoms with Crippen LogP contribution in [0, 0.1) is 11.8 Å². The van der Waals surface area contributed by atoms with Gasteiger partial charge in [-0.2, -0.15) is 13.2 Å². The van der Waals surface area contributed by atoms with Crippen molar-refractivity contribution in [2.45, 2.75) is 71.3 Å². The monoisotopic (exact) mass is 543 g/mol. The van der Waals surface area contributed by atoms with Gasteiger partial charge in [-0.25, -0.2) is 0 Å². The Morgan fingerprint density at radius 1 is 0.897 bits per heavy atom. The van der Waals surface area contributed by atoms with Crippen molar-refractivity contribution < 1.29 is 22.8 Å². The number of hydrogen-bond acceptors (Lipinski definition) is 3. The summed E-state index contributed by atoms with van der Waals surface area (Å²) in [5.74, 6) is 0.728. The lowest BCUT2D eigenvalue weighted by Crippen LogP contribution is -2.62. The van der Waals surface area contributed by atoms with Crippen molar-refractivity contribution in [3.05, 3.63) is 71.3 Å². The zero-order valence-electron chi connectivity index (χ0n) is 23.3. The van der Waals surface area contributed by atoms with Gasteiger partial charge in [-0.05, 0) is 54.9 Å². The Kier molecular flexibility index (Phi) is 9.04. The fourth-order valence-corrected chi connectivity index (χ4v) is 6.49. The van der Waals surface area contributed by atoms with Crippen LogP contribution in [0.15, 0.2) is 54.6 Å². The van der Waals surface area contributed by atoms with Crippen molar-refractivity contribution in [3.8, 4) is 0 Å². The molecule has 0 N–H and O–H groups in total. The van der Waals surface area contributed by atoms with E-state index >= 15 is 0 Å². The number of piperidine rings is 1. The predicted molar refractivity (Wildman–Crippen MR) is 146 cm³/mol. The lowest BCUT2D eigenvalue weighted by Gasteiger charge is -2.51. The first-order chi connectivity index (χ1) is 18.5. The maximum atomic E-state index is 13.6. The second-order valence-corrected chi connectivity index (χ2v) is 11.4. The SMILES string of the molecule is CC(=O)N1CCC(CC(=O)N2CCN(C(c3ccccc3)c3ccc(C(F)(F)F)cc3)[C@@H](C)[C@@H]2C(C)C)CC1. The van der Waals surface area contributed by atoms with Crippen LogP contribution < -0.4 is 0 Å². The minimum atomic E-state index is -4.38. The van der Waals surface area contributed by atoms with Gasteiger partial charge in [0.05, 0.1) is 11.6 Å². The molecule has 212 valence electrons. The number of amides is 2. The Morgan fingerprint density at radius 2 is 1.49 bits per heavy atom. The van der Waals surface area contributed by atoms with E-state index in [1.54, 1.807) is 19.1 Å². The van der Waals surface area contributed by atoms with E-state index in [9.17, 15) is 22.8 Å². The van der Waals surface area contributed by atoms with E-state index in [1.165, 1.54) is 0 Å². The van der Waals surface area contributed by atoms with Gasteiger partial charge in [-0.15, -0.1) is 0 Å². The molecule has 2 aromatic rings. The van der Waals surface area contributed by atoms with Crippen LogP contribution in [0.3, 0.4) is 0 Å². The van der Waals surface area contributed by atoms with Crippen LogP contribution in [0.5, 0.6) is 0 Å². The van der Waals surface area contributed by atoms with Gasteiger partial charge in [-0.3, -0.25) is 14.5 Å². The Hall–Kier alpha value is -2.87. The van der Waals surface area contributed by atoms with Crippen LogP contribution in [-0.2, 0) is 15.8 Å². The lowest BCUT2D eigenvalue weighted by atomic mass is 9.86. The molecule has 0 saturated carbocycles. The molecule has 8 heteroatoms. The fraction of sp³-hybridized carbons (Fsp3) is 0.548. The van der Waals surface area contributed by atoms with Crippen molar-refractivity contribution >= 4 is 11.8 Å². The molecule has 2 aliphatic rings. The second kappa shape index (κ2) is 12.1. The molecule has 2 amide bonds. The van der Waals surface area contributed by atoms with E-state index in [1.807, 2.05) is 40.1 Å². The summed E-state index contributed by atoms with van der Waals surface area (Å²) in [7, 11) is 0. The van der Waals surface area contributed by atoms with E-state index in [-0.39, 0.29) is 41.8 Å². The molecule has 4 rings (SSSR count). The number of halogens is 3. The third kappa shape index (κ3) is 6.65. The number of carbonyl (C=O) groups is 2. The number of rotatable bonds is 6. The Morgan fingerprint density at radius 3 is 2.03 bits per heavy atom. The van der Waals surface area contributed by atoms with Gasteiger partial charge >= 0.3 is 6.18 Å². The normalized spacial score (nSPS) is 22.3. The quantitative estimate of drug-likeness (QED) is 0.449. The molecule has 0 bridgehead atoms. The molecular formula is C31H40F3N3O2. The molecule has 0 aliphatic carbocycles. The summed E-state index contributed by atoms with van der Waals surface area (Å²) in [5, 5.41) is 0. The van der Waals surface area contributed by atoms with Gasteiger partial charge in [0.15, 0.2) is 0 Å². The van der Waals surface area contributed by atoms with Crippen molar-refractivity contribution in [1.29, 1.82) is 0 Å². The highest BCUT2D eigenvalue weighted by Gasteiger charge is 2.42. The molecule has 2 saturated heterocycles. The molecule has 2 aromatic carbocycles. The molecule has 1 unspecified atom stereocenters. The molecule has 0 aromatic heterocycles. The van der Waals surface area contributed by atoms with Crippen LogP contribution in [0.4, 0.5) is 13.2 Å². The Balaban J connectivity index is 1.56. The summed E-state index contributed by atoms with van der Waals surface area (Å²) in [4.78, 5) is 31.5. The number of hydrogen-bond donors (Lipinski definition) is 0. The topological polar surface area (TPSA) is 43.9 Å². The summed E-state index contributed by atoms with van der Waals surface area (Å²) < 4.78 is 39.8. The molecular weight excluding hydrogens is 503 g/mol. The van der Waals surface area contributed by atoms with E-state index in [0.717, 1.165) is 36.1 Å². The number of nitrogens with zero attached hydrogens (tertiary/aromatic N) is 3. The standard InChI is InChI=1S/C31H40F3N3O2/c1-21(2)29-22(3)36(18-19-37(29)28(39)20-24-14-16-35(17-15-24)23(4)38)30(25-8-6-5-7-9-25)26-10-12-27(13-11-26)31(32,33)34/h5-13,21-22,24,29-30H,14-20H2,1-4H3/t22-,29-,30?/m0/s1. The zero-order valence-corrected chi connectivity index (χ0v) is 23.3. The van der Waals surface area contributed by atoms with Crippen molar-refractivity contribution in [1.82, 2.24) is 14.7 Å². The first kappa shape index (κ1) is 29.1. The fourth-order valence-electron chi connectivity index (χ4n) is 6.49. The van der Waals surface area contributed by atoms with Crippen LogP contribution in [0.1, 0.15) is 69.7 Å². The summed E-state index contributed by atoms with van der Waals surface area (Å²) in [6.07, 6.45) is -2.21. The van der Waals surface area contributed by atoms with Gasteiger partial charge in [0.1, 0.15) is 0 Å². The summed E-state index contributed by atoms with van der Waals surface area (Å²) >= 11 is 0. The van der Waals surface area contributed by atoms with Crippen LogP contribution >= 0.6 is 0 Å². The van der Waals surface area contributed by atoms with Gasteiger partial charge in [0.2, 0.25) is 11.8 Å². The molecule has 0 spiro atoms.